The van der Waals surface area contributed by atoms with E-state index in [0.717, 1.165) is 12.3 Å². The highest BCUT2D eigenvalue weighted by atomic mass is 32.2. The molecule has 0 unspecified atom stereocenters. The van der Waals surface area contributed by atoms with E-state index in [-0.39, 0.29) is 46.1 Å². The summed E-state index contributed by atoms with van der Waals surface area (Å²) in [7, 11) is -2.24. The van der Waals surface area contributed by atoms with Crippen LogP contribution in [0.4, 0.5) is 18.9 Å². The number of aromatic nitrogens is 2. The molecule has 0 aliphatic carbocycles. The topological polar surface area (TPSA) is 183 Å². The number of hydrogen-bond acceptors (Lipinski definition) is 10. The molecule has 5 aromatic rings. The summed E-state index contributed by atoms with van der Waals surface area (Å²) in [6, 6.07) is 8.36. The Kier molecular flexibility index (Phi) is 7.76. The van der Waals surface area contributed by atoms with E-state index < -0.39 is 40.4 Å². The van der Waals surface area contributed by atoms with Gasteiger partial charge in [0.25, 0.3) is 5.91 Å². The number of anilines is 1. The van der Waals surface area contributed by atoms with Gasteiger partial charge in [0.05, 0.1) is 32.3 Å². The minimum Gasteiger partial charge on any atom is -0.494 e. The number of aliphatic hydroxyl groups is 1. The number of hydrogen-bond donors (Lipinski definition) is 4. The number of pyridine rings is 1. The number of sulfonamides is 1. The Morgan fingerprint density at radius 2 is 1.91 bits per heavy atom. The number of methoxy groups -OCH3 is 1. The Labute approximate surface area is 241 Å². The molecule has 0 aliphatic heterocycles. The molecule has 12 nitrogen and oxygen atoms in total. The molecule has 0 saturated heterocycles. The van der Waals surface area contributed by atoms with E-state index in [1.807, 2.05) is 0 Å². The van der Waals surface area contributed by atoms with Crippen LogP contribution in [0.3, 0.4) is 0 Å². The fraction of sp³-hybridized carbons (Fsp3) is 0.222. The Bertz CT molecular complexity index is 1950. The van der Waals surface area contributed by atoms with Crippen LogP contribution >= 0.6 is 0 Å². The van der Waals surface area contributed by atoms with E-state index in [2.05, 4.69) is 20.0 Å². The number of ether oxygens (including phenoxy) is 1. The summed E-state index contributed by atoms with van der Waals surface area (Å²) >= 11 is 0. The quantitative estimate of drug-likeness (QED) is 0.188. The van der Waals surface area contributed by atoms with Gasteiger partial charge in [-0.15, -0.1) is 0 Å². The molecule has 1 atom stereocenters. The van der Waals surface area contributed by atoms with Gasteiger partial charge in [0.1, 0.15) is 22.5 Å². The van der Waals surface area contributed by atoms with E-state index >= 15 is 0 Å². The smallest absolute Gasteiger partial charge is 0.433 e. The molecular weight excluding hydrogens is 595 g/mol. The zero-order valence-electron chi connectivity index (χ0n) is 22.5. The molecule has 1 amide bonds. The van der Waals surface area contributed by atoms with E-state index in [4.69, 9.17) is 19.3 Å². The fourth-order valence-corrected chi connectivity index (χ4v) is 4.96. The van der Waals surface area contributed by atoms with Crippen LogP contribution in [0.2, 0.25) is 0 Å². The van der Waals surface area contributed by atoms with Crippen molar-refractivity contribution in [1.29, 1.82) is 0 Å². The van der Waals surface area contributed by atoms with E-state index in [9.17, 15) is 31.5 Å². The Morgan fingerprint density at radius 3 is 2.58 bits per heavy atom. The Balaban J connectivity index is 1.49. The number of aliphatic hydroxyl groups excluding tert-OH is 1. The second kappa shape index (κ2) is 11.2. The highest BCUT2D eigenvalue weighted by molar-refractivity contribution is 7.92. The summed E-state index contributed by atoms with van der Waals surface area (Å²) < 4.78 is 82.1. The lowest BCUT2D eigenvalue weighted by Crippen LogP contribution is -2.26. The second-order valence-electron chi connectivity index (χ2n) is 9.46. The minimum atomic E-state index is -4.70. The van der Waals surface area contributed by atoms with Crippen LogP contribution in [-0.2, 0) is 22.7 Å². The van der Waals surface area contributed by atoms with Crippen molar-refractivity contribution in [2.24, 2.45) is 5.73 Å². The van der Waals surface area contributed by atoms with Gasteiger partial charge in [0.15, 0.2) is 11.5 Å². The highest BCUT2D eigenvalue weighted by Crippen LogP contribution is 2.37. The largest absolute Gasteiger partial charge is 0.494 e. The van der Waals surface area contributed by atoms with Crippen LogP contribution in [-0.4, -0.2) is 49.4 Å². The van der Waals surface area contributed by atoms with Crippen molar-refractivity contribution < 1.29 is 45.1 Å². The van der Waals surface area contributed by atoms with Gasteiger partial charge in [-0.05, 0) is 42.5 Å². The van der Waals surface area contributed by atoms with Gasteiger partial charge < -0.3 is 29.7 Å². The third-order valence-electron chi connectivity index (χ3n) is 6.36. The van der Waals surface area contributed by atoms with Crippen molar-refractivity contribution in [1.82, 2.24) is 15.3 Å². The van der Waals surface area contributed by atoms with E-state index in [1.165, 1.54) is 37.6 Å². The first kappa shape index (κ1) is 29.8. The van der Waals surface area contributed by atoms with Crippen LogP contribution in [0.5, 0.6) is 5.75 Å². The van der Waals surface area contributed by atoms with Crippen LogP contribution in [0.15, 0.2) is 57.6 Å². The van der Waals surface area contributed by atoms with Crippen LogP contribution in [0.1, 0.15) is 33.5 Å². The number of rotatable bonds is 9. The molecule has 16 heteroatoms. The summed E-state index contributed by atoms with van der Waals surface area (Å²) in [4.78, 5) is 21.3. The predicted octanol–water partition coefficient (Wildman–Crippen LogP) is 3.96. The third kappa shape index (κ3) is 6.11. The first-order valence-electron chi connectivity index (χ1n) is 12.5. The molecule has 0 spiro atoms. The molecule has 0 radical (unpaired) electrons. The molecule has 2 aromatic carbocycles. The number of nitrogens with one attached hydrogen (secondary N) is 2. The molecule has 0 saturated carbocycles. The molecule has 3 heterocycles. The number of furan rings is 1. The maximum absolute atomic E-state index is 13.3. The van der Waals surface area contributed by atoms with Crippen molar-refractivity contribution in [2.45, 2.75) is 18.8 Å². The number of amides is 1. The van der Waals surface area contributed by atoms with Gasteiger partial charge >= 0.3 is 6.18 Å². The normalized spacial score (nSPS) is 12.9. The maximum Gasteiger partial charge on any atom is 0.433 e. The molecule has 226 valence electrons. The van der Waals surface area contributed by atoms with Gasteiger partial charge in [0, 0.05) is 34.1 Å². The molecule has 43 heavy (non-hydrogen) atoms. The van der Waals surface area contributed by atoms with Gasteiger partial charge in [-0.25, -0.2) is 18.4 Å². The summed E-state index contributed by atoms with van der Waals surface area (Å²) in [5.41, 5.74) is 5.96. The summed E-state index contributed by atoms with van der Waals surface area (Å²) in [5.74, 6) is -0.966. The average molecular weight is 620 g/mol. The molecule has 0 bridgehead atoms. The lowest BCUT2D eigenvalue weighted by Gasteiger charge is -2.11. The monoisotopic (exact) mass is 619 g/mol. The lowest BCUT2D eigenvalue weighted by molar-refractivity contribution is -0.140. The van der Waals surface area contributed by atoms with Gasteiger partial charge in [0.2, 0.25) is 15.9 Å². The van der Waals surface area contributed by atoms with E-state index in [1.54, 1.807) is 12.1 Å². The molecule has 0 fully saturated rings. The second-order valence-corrected chi connectivity index (χ2v) is 11.2. The van der Waals surface area contributed by atoms with Gasteiger partial charge in [-0.3, -0.25) is 9.52 Å². The van der Waals surface area contributed by atoms with Crippen molar-refractivity contribution >= 4 is 43.5 Å². The number of carbonyl (C=O) groups excluding carboxylic acids is 1. The first-order chi connectivity index (χ1) is 20.3. The number of alkyl halides is 3. The molecule has 0 aliphatic rings. The van der Waals surface area contributed by atoms with Gasteiger partial charge in [-0.1, -0.05) is 0 Å². The standard InChI is InChI=1S/C27H24F3N5O7S/c1-40-20-7-4-16(15-5-8-21(27(28,29)30)33-22(15)20)26-34-23(24(42-26)18(31)11-36)25(37)32-10-13-12-41-19-6-3-14(9-17(13)19)35-43(2,38)39/h3-9,12,18,35-36H,10-11,31H2,1-2H3,(H,32,37)/t18-/m0/s1. The molecule has 3 aromatic heterocycles. The number of nitrogens with zero attached hydrogens (tertiary/aromatic N) is 2. The van der Waals surface area contributed by atoms with Crippen LogP contribution in [0.25, 0.3) is 33.3 Å². The molecular formula is C27H24F3N5O7S. The maximum atomic E-state index is 13.3. The van der Waals surface area contributed by atoms with Crippen LogP contribution in [0, 0.1) is 0 Å². The minimum absolute atomic E-state index is 0.0697. The molecule has 5 rings (SSSR count). The highest BCUT2D eigenvalue weighted by Gasteiger charge is 2.33. The lowest BCUT2D eigenvalue weighted by atomic mass is 10.1. The van der Waals surface area contributed by atoms with Crippen molar-refractivity contribution in [2.75, 3.05) is 24.7 Å². The number of fused-ring (bicyclic) bond motifs is 2. The number of halogens is 3. The van der Waals surface area contributed by atoms with Crippen molar-refractivity contribution in [3.63, 3.8) is 0 Å². The van der Waals surface area contributed by atoms with E-state index in [0.29, 0.717) is 22.2 Å². The number of oxazole rings is 1. The summed E-state index contributed by atoms with van der Waals surface area (Å²) in [5, 5.41) is 13.1. The number of nitrogens with two attached hydrogens (primary N) is 1. The number of carbonyl (C=O) groups is 1. The number of benzene rings is 2. The Hall–Kier alpha value is -4.67. The SMILES string of the molecule is COc1ccc(-c2nc(C(=O)NCc3coc4ccc(NS(C)(=O)=O)cc34)c([C@@H](N)CO)o2)c2ccc(C(F)(F)F)nc12. The van der Waals surface area contributed by atoms with Gasteiger partial charge in [-0.2, -0.15) is 13.2 Å². The van der Waals surface area contributed by atoms with Crippen LogP contribution < -0.4 is 20.5 Å². The van der Waals surface area contributed by atoms with Crippen molar-refractivity contribution in [3.8, 4) is 17.2 Å². The third-order valence-corrected chi connectivity index (χ3v) is 6.97. The van der Waals surface area contributed by atoms with Crippen molar-refractivity contribution in [3.05, 3.63) is 71.4 Å². The predicted molar refractivity (Wildman–Crippen MR) is 149 cm³/mol. The first-order valence-corrected chi connectivity index (χ1v) is 14.4. The summed E-state index contributed by atoms with van der Waals surface area (Å²) in [6.07, 6.45) is -2.29. The Morgan fingerprint density at radius 1 is 1.14 bits per heavy atom. The zero-order chi connectivity index (χ0) is 31.1. The fourth-order valence-electron chi connectivity index (χ4n) is 4.40. The summed E-state index contributed by atoms with van der Waals surface area (Å²) in [6.45, 7) is -0.670. The zero-order valence-corrected chi connectivity index (χ0v) is 23.3. The average Bonchev–Trinajstić information content (AvgIpc) is 3.58. The molecule has 5 N–H and O–H groups in total.